The Hall–Kier alpha value is -2.85. The molecule has 1 saturated heterocycles. The predicted molar refractivity (Wildman–Crippen MR) is 120 cm³/mol. The molecule has 0 atom stereocenters. The zero-order valence-electron chi connectivity index (χ0n) is 17.6. The first-order valence-electron chi connectivity index (χ1n) is 9.79. The van der Waals surface area contributed by atoms with Gasteiger partial charge in [-0.1, -0.05) is 0 Å². The maximum atomic E-state index is 12.0. The van der Waals surface area contributed by atoms with E-state index in [1.54, 1.807) is 32.9 Å². The van der Waals surface area contributed by atoms with Gasteiger partial charge in [0.2, 0.25) is 0 Å². The summed E-state index contributed by atoms with van der Waals surface area (Å²) in [5.74, 6) is -0.388. The van der Waals surface area contributed by atoms with Crippen LogP contribution in [0.3, 0.4) is 0 Å². The van der Waals surface area contributed by atoms with Crippen molar-refractivity contribution in [2.24, 2.45) is 0 Å². The molecule has 1 amide bonds. The molecule has 3 rings (SSSR count). The van der Waals surface area contributed by atoms with Gasteiger partial charge in [-0.15, -0.1) is 0 Å². The maximum absolute atomic E-state index is 12.0. The van der Waals surface area contributed by atoms with Gasteiger partial charge < -0.3 is 24.8 Å². The van der Waals surface area contributed by atoms with Crippen LogP contribution in [-0.4, -0.2) is 53.9 Å². The second-order valence-corrected chi connectivity index (χ2v) is 8.81. The predicted octanol–water partition coefficient (Wildman–Crippen LogP) is 4.09. The molecule has 31 heavy (non-hydrogen) atoms. The highest BCUT2D eigenvalue weighted by atomic mass is 79.9. The molecule has 9 nitrogen and oxygen atoms in total. The van der Waals surface area contributed by atoms with Gasteiger partial charge in [0.15, 0.2) is 0 Å². The van der Waals surface area contributed by atoms with Crippen LogP contribution in [0.5, 0.6) is 11.5 Å². The lowest BCUT2D eigenvalue weighted by molar-refractivity contribution is 0.0633. The first-order chi connectivity index (χ1) is 14.6. The summed E-state index contributed by atoms with van der Waals surface area (Å²) in [6, 6.07) is 6.52. The van der Waals surface area contributed by atoms with E-state index in [1.807, 2.05) is 0 Å². The number of hydrogen-bond donors (Lipinski definition) is 3. The Labute approximate surface area is 188 Å². The van der Waals surface area contributed by atoms with E-state index < -0.39 is 17.7 Å². The first kappa shape index (κ1) is 22.8. The van der Waals surface area contributed by atoms with Crippen LogP contribution >= 0.6 is 15.9 Å². The average Bonchev–Trinajstić information content (AvgIpc) is 2.69. The largest absolute Gasteiger partial charge is 0.478 e. The van der Waals surface area contributed by atoms with Gasteiger partial charge in [-0.3, -0.25) is 5.32 Å². The fourth-order valence-electron chi connectivity index (χ4n) is 2.99. The van der Waals surface area contributed by atoms with Crippen molar-refractivity contribution in [2.75, 3.05) is 36.4 Å². The molecule has 0 unspecified atom stereocenters. The number of nitrogens with zero attached hydrogens (tertiary/aromatic N) is 2. The summed E-state index contributed by atoms with van der Waals surface area (Å²) >= 11 is 3.36. The van der Waals surface area contributed by atoms with Gasteiger partial charge in [-0.2, -0.15) is 0 Å². The average molecular weight is 493 g/mol. The van der Waals surface area contributed by atoms with Crippen molar-refractivity contribution >= 4 is 39.5 Å². The second kappa shape index (κ2) is 9.52. The highest BCUT2D eigenvalue weighted by Gasteiger charge is 2.20. The number of aromatic nitrogens is 1. The van der Waals surface area contributed by atoms with Gasteiger partial charge >= 0.3 is 12.1 Å². The van der Waals surface area contributed by atoms with E-state index in [1.165, 1.54) is 18.3 Å². The molecule has 1 aliphatic heterocycles. The number of ether oxygens (including phenoxy) is 2. The van der Waals surface area contributed by atoms with Crippen LogP contribution < -0.4 is 20.3 Å². The Balaban J connectivity index is 1.86. The molecule has 0 spiro atoms. The van der Waals surface area contributed by atoms with Crippen LogP contribution in [0, 0.1) is 0 Å². The molecule has 3 N–H and O–H groups in total. The van der Waals surface area contributed by atoms with Gasteiger partial charge in [0.1, 0.15) is 28.5 Å². The number of benzene rings is 1. The normalized spacial score (nSPS) is 14.1. The lowest BCUT2D eigenvalue weighted by atomic mass is 10.1. The third-order valence-electron chi connectivity index (χ3n) is 4.35. The van der Waals surface area contributed by atoms with Gasteiger partial charge in [-0.25, -0.2) is 14.6 Å². The number of piperazine rings is 1. The third kappa shape index (κ3) is 6.31. The van der Waals surface area contributed by atoms with Crippen LogP contribution in [0.2, 0.25) is 0 Å². The molecule has 0 bridgehead atoms. The van der Waals surface area contributed by atoms with E-state index >= 15 is 0 Å². The quantitative estimate of drug-likeness (QED) is 0.571. The third-order valence-corrected chi connectivity index (χ3v) is 4.94. The van der Waals surface area contributed by atoms with E-state index in [-0.39, 0.29) is 17.1 Å². The maximum Gasteiger partial charge on any atom is 0.413 e. The Morgan fingerprint density at radius 1 is 1.19 bits per heavy atom. The number of halogens is 1. The number of anilines is 2. The van der Waals surface area contributed by atoms with Crippen LogP contribution in [-0.2, 0) is 4.74 Å². The molecule has 2 heterocycles. The van der Waals surface area contributed by atoms with Crippen molar-refractivity contribution < 1.29 is 24.2 Å². The van der Waals surface area contributed by atoms with Crippen LogP contribution in [0.15, 0.2) is 34.9 Å². The summed E-state index contributed by atoms with van der Waals surface area (Å²) in [5.41, 5.74) is 0.252. The van der Waals surface area contributed by atoms with E-state index in [4.69, 9.17) is 9.47 Å². The van der Waals surface area contributed by atoms with Crippen molar-refractivity contribution in [3.05, 3.63) is 40.5 Å². The molecule has 0 radical (unpaired) electrons. The summed E-state index contributed by atoms with van der Waals surface area (Å²) < 4.78 is 11.7. The summed E-state index contributed by atoms with van der Waals surface area (Å²) in [6.45, 7) is 8.61. The Morgan fingerprint density at radius 3 is 2.55 bits per heavy atom. The van der Waals surface area contributed by atoms with E-state index in [9.17, 15) is 14.7 Å². The molecule has 166 valence electrons. The molecule has 1 aliphatic rings. The van der Waals surface area contributed by atoms with Gasteiger partial charge in [0.05, 0.1) is 4.47 Å². The topological polar surface area (TPSA) is 113 Å². The minimum Gasteiger partial charge on any atom is -0.478 e. The highest BCUT2D eigenvalue weighted by molar-refractivity contribution is 9.10. The molecular weight excluding hydrogens is 468 g/mol. The standard InChI is InChI=1S/C21H25BrN4O5/c1-21(2,3)31-20(29)25-18-11-17(15(22)12-24-18)30-16-10-13(4-5-14(16)19(27)28)26-8-6-23-7-9-26/h4-5,10-12,23H,6-9H2,1-3H3,(H,27,28)(H,24,25,29). The van der Waals surface area contributed by atoms with Crippen molar-refractivity contribution in [1.82, 2.24) is 10.3 Å². The summed E-state index contributed by atoms with van der Waals surface area (Å²) in [4.78, 5) is 30.0. The summed E-state index contributed by atoms with van der Waals surface area (Å²) in [5, 5.41) is 15.4. The number of carboxylic acid groups (broad SMARTS) is 1. The second-order valence-electron chi connectivity index (χ2n) is 7.95. The van der Waals surface area contributed by atoms with Crippen molar-refractivity contribution in [1.29, 1.82) is 0 Å². The monoisotopic (exact) mass is 492 g/mol. The van der Waals surface area contributed by atoms with Crippen molar-refractivity contribution in [3.63, 3.8) is 0 Å². The molecule has 0 aliphatic carbocycles. The number of rotatable bonds is 5. The zero-order chi connectivity index (χ0) is 22.6. The number of pyridine rings is 1. The number of aromatic carboxylic acids is 1. The van der Waals surface area contributed by atoms with Crippen LogP contribution in [0.4, 0.5) is 16.3 Å². The lowest BCUT2D eigenvalue weighted by Crippen LogP contribution is -2.43. The molecular formula is C21H25BrN4O5. The first-order valence-corrected chi connectivity index (χ1v) is 10.6. The SMILES string of the molecule is CC(C)(C)OC(=O)Nc1cc(Oc2cc(N3CCNCC3)ccc2C(=O)O)c(Br)cn1. The number of carbonyl (C=O) groups is 2. The van der Waals surface area contributed by atoms with Crippen LogP contribution in [0.1, 0.15) is 31.1 Å². The minimum absolute atomic E-state index is 0.0317. The number of carboxylic acids is 1. The molecule has 2 aromatic rings. The number of amides is 1. The van der Waals surface area contributed by atoms with E-state index in [0.717, 1.165) is 31.9 Å². The zero-order valence-corrected chi connectivity index (χ0v) is 19.2. The Bertz CT molecular complexity index is 971. The van der Waals surface area contributed by atoms with Crippen LogP contribution in [0.25, 0.3) is 0 Å². The summed E-state index contributed by atoms with van der Waals surface area (Å²) in [7, 11) is 0. The summed E-state index contributed by atoms with van der Waals surface area (Å²) in [6.07, 6.45) is 0.808. The van der Waals surface area contributed by atoms with E-state index in [0.29, 0.717) is 10.2 Å². The fourth-order valence-corrected chi connectivity index (χ4v) is 3.28. The molecule has 1 aromatic heterocycles. The van der Waals surface area contributed by atoms with Gasteiger partial charge in [0, 0.05) is 50.2 Å². The highest BCUT2D eigenvalue weighted by Crippen LogP contribution is 2.35. The van der Waals surface area contributed by atoms with Gasteiger partial charge in [-0.05, 0) is 48.8 Å². The minimum atomic E-state index is -1.10. The molecule has 1 aromatic carbocycles. The van der Waals surface area contributed by atoms with Gasteiger partial charge in [0.25, 0.3) is 0 Å². The number of nitrogens with one attached hydrogen (secondary N) is 2. The van der Waals surface area contributed by atoms with E-state index in [2.05, 4.69) is 36.4 Å². The Morgan fingerprint density at radius 2 is 1.90 bits per heavy atom. The lowest BCUT2D eigenvalue weighted by Gasteiger charge is -2.29. The smallest absolute Gasteiger partial charge is 0.413 e. The molecule has 0 saturated carbocycles. The van der Waals surface area contributed by atoms with Crippen molar-refractivity contribution in [2.45, 2.75) is 26.4 Å². The Kier molecular flexibility index (Phi) is 7.01. The molecule has 1 fully saturated rings. The fraction of sp³-hybridized carbons (Fsp3) is 0.381. The number of hydrogen-bond acceptors (Lipinski definition) is 7. The number of carbonyl (C=O) groups excluding carboxylic acids is 1. The molecule has 10 heteroatoms. The van der Waals surface area contributed by atoms with Crippen molar-refractivity contribution in [3.8, 4) is 11.5 Å².